The molecule has 9 heteroatoms. The summed E-state index contributed by atoms with van der Waals surface area (Å²) in [5, 5.41) is 5.12. The maximum atomic E-state index is 13.2. The molecule has 0 bridgehead atoms. The minimum absolute atomic E-state index is 0.120. The van der Waals surface area contributed by atoms with Crippen LogP contribution in [0.1, 0.15) is 35.4 Å². The highest BCUT2D eigenvalue weighted by molar-refractivity contribution is 7.99. The molecule has 168 valence electrons. The molecule has 1 aliphatic heterocycles. The van der Waals surface area contributed by atoms with Gasteiger partial charge in [0, 0.05) is 22.8 Å². The number of hydrogen-bond acceptors (Lipinski definition) is 6. The first-order chi connectivity index (χ1) is 16.0. The number of anilines is 1. The Bertz CT molecular complexity index is 1290. The first-order valence-corrected chi connectivity index (χ1v) is 11.4. The molecule has 3 aromatic rings. The molecule has 1 amide bonds. The number of methoxy groups -OCH3 is 1. The van der Waals surface area contributed by atoms with Crippen LogP contribution in [0.25, 0.3) is 11.3 Å². The van der Waals surface area contributed by atoms with E-state index in [-0.39, 0.29) is 17.9 Å². The second kappa shape index (κ2) is 9.41. The van der Waals surface area contributed by atoms with Gasteiger partial charge in [0.05, 0.1) is 23.9 Å². The quantitative estimate of drug-likeness (QED) is 0.261. The molecule has 0 saturated heterocycles. The summed E-state index contributed by atoms with van der Waals surface area (Å²) in [6, 6.07) is 14.0. The molecule has 8 nitrogen and oxygen atoms in total. The van der Waals surface area contributed by atoms with Gasteiger partial charge in [-0.15, -0.1) is 6.58 Å². The predicted octanol–water partition coefficient (Wildman–Crippen LogP) is 3.09. The van der Waals surface area contributed by atoms with E-state index < -0.39 is 12.1 Å². The molecule has 1 aromatic heterocycles. The summed E-state index contributed by atoms with van der Waals surface area (Å²) in [5.41, 5.74) is 2.39. The van der Waals surface area contributed by atoms with Gasteiger partial charge >= 0.3 is 17.2 Å². The summed E-state index contributed by atoms with van der Waals surface area (Å²) in [4.78, 5) is 42.8. The molecular formula is C24H23N4O4S+. The van der Waals surface area contributed by atoms with Crippen molar-refractivity contribution in [2.45, 2.75) is 24.7 Å². The molecule has 1 aliphatic rings. The number of aromatic nitrogens is 3. The molecule has 0 spiro atoms. The molecule has 4 rings (SSSR count). The minimum Gasteiger partial charge on any atom is -0.465 e. The summed E-state index contributed by atoms with van der Waals surface area (Å²) < 4.78 is 6.38. The molecule has 0 aliphatic carbocycles. The number of carbonyl (C=O) groups excluding carboxylic acids is 2. The standard InChI is InChI=1S/C24H22N4O4S/c1-4-14-33-24-25-21(30)20-17-8-6-7-9-18(17)27(19(29)5-2)22(28(20)26-24)15-10-12-16(13-11-15)23(31)32-3/h4,6-13,22H,1,5,14H2,2-3H3/p+1/t22-/m1/s1. The average molecular weight is 464 g/mol. The summed E-state index contributed by atoms with van der Waals surface area (Å²) in [5.74, 6) is -0.0117. The lowest BCUT2D eigenvalue weighted by molar-refractivity contribution is -0.763. The van der Waals surface area contributed by atoms with Gasteiger partial charge in [0.2, 0.25) is 11.1 Å². The van der Waals surface area contributed by atoms with Gasteiger partial charge in [0.15, 0.2) is 0 Å². The Hall–Kier alpha value is -3.72. The number of thioether (sulfide) groups is 1. The number of rotatable bonds is 6. The van der Waals surface area contributed by atoms with Crippen LogP contribution in [0.15, 0.2) is 71.1 Å². The van der Waals surface area contributed by atoms with Gasteiger partial charge in [-0.1, -0.05) is 36.9 Å². The van der Waals surface area contributed by atoms with Gasteiger partial charge in [0.1, 0.15) is 0 Å². The molecule has 2 heterocycles. The van der Waals surface area contributed by atoms with Crippen molar-refractivity contribution >= 4 is 29.3 Å². The van der Waals surface area contributed by atoms with E-state index in [1.54, 1.807) is 52.9 Å². The van der Waals surface area contributed by atoms with Gasteiger partial charge < -0.3 is 4.74 Å². The molecule has 33 heavy (non-hydrogen) atoms. The highest BCUT2D eigenvalue weighted by atomic mass is 32.2. The van der Waals surface area contributed by atoms with Crippen molar-refractivity contribution in [2.24, 2.45) is 0 Å². The van der Waals surface area contributed by atoms with Crippen LogP contribution in [-0.4, -0.2) is 34.8 Å². The molecule has 0 unspecified atom stereocenters. The summed E-state index contributed by atoms with van der Waals surface area (Å²) in [6.07, 6.45) is 1.28. The largest absolute Gasteiger partial charge is 0.465 e. The zero-order valence-electron chi connectivity index (χ0n) is 18.3. The Kier molecular flexibility index (Phi) is 6.41. The van der Waals surface area contributed by atoms with Crippen molar-refractivity contribution in [3.63, 3.8) is 0 Å². The van der Waals surface area contributed by atoms with E-state index in [0.29, 0.717) is 39.0 Å². The molecule has 2 aromatic carbocycles. The van der Waals surface area contributed by atoms with Gasteiger partial charge in [-0.3, -0.25) is 14.6 Å². The van der Waals surface area contributed by atoms with Crippen LogP contribution in [0, 0.1) is 0 Å². The van der Waals surface area contributed by atoms with Crippen LogP contribution in [0.4, 0.5) is 5.69 Å². The molecule has 0 saturated carbocycles. The third kappa shape index (κ3) is 4.07. The molecule has 1 atom stereocenters. The summed E-state index contributed by atoms with van der Waals surface area (Å²) in [7, 11) is 1.32. The third-order valence-electron chi connectivity index (χ3n) is 5.30. The number of hydrogen-bond donors (Lipinski definition) is 1. The Balaban J connectivity index is 1.98. The fourth-order valence-electron chi connectivity index (χ4n) is 3.82. The highest BCUT2D eigenvalue weighted by Crippen LogP contribution is 2.37. The Morgan fingerprint density at radius 2 is 1.97 bits per heavy atom. The van der Waals surface area contributed by atoms with E-state index in [2.05, 4.69) is 11.6 Å². The molecule has 0 fully saturated rings. The number of nitrogens with zero attached hydrogens (tertiary/aromatic N) is 3. The molecule has 1 N–H and O–H groups in total. The molecular weight excluding hydrogens is 440 g/mol. The number of nitrogens with one attached hydrogen (secondary N) is 1. The van der Waals surface area contributed by atoms with E-state index in [4.69, 9.17) is 9.84 Å². The van der Waals surface area contributed by atoms with Crippen LogP contribution in [-0.2, 0) is 9.53 Å². The number of esters is 1. The monoisotopic (exact) mass is 463 g/mol. The summed E-state index contributed by atoms with van der Waals surface area (Å²) >= 11 is 1.34. The minimum atomic E-state index is -0.709. The second-order valence-corrected chi connectivity index (χ2v) is 8.28. The number of para-hydroxylation sites is 1. The zero-order valence-corrected chi connectivity index (χ0v) is 19.1. The first kappa shape index (κ1) is 22.5. The predicted molar refractivity (Wildman–Crippen MR) is 125 cm³/mol. The smallest absolute Gasteiger partial charge is 0.337 e. The lowest BCUT2D eigenvalue weighted by Gasteiger charge is -2.32. The van der Waals surface area contributed by atoms with Gasteiger partial charge in [-0.05, 0) is 41.1 Å². The normalized spacial score (nSPS) is 14.2. The van der Waals surface area contributed by atoms with Crippen molar-refractivity contribution in [3.05, 3.63) is 82.7 Å². The van der Waals surface area contributed by atoms with Crippen molar-refractivity contribution in [3.8, 4) is 11.3 Å². The highest BCUT2D eigenvalue weighted by Gasteiger charge is 2.45. The number of H-pyrrole nitrogens is 1. The molecule has 0 radical (unpaired) electrons. The number of amides is 1. The number of ether oxygens (including phenoxy) is 1. The van der Waals surface area contributed by atoms with Crippen molar-refractivity contribution in [1.82, 2.24) is 10.1 Å². The Morgan fingerprint density at radius 3 is 2.64 bits per heavy atom. The fraction of sp³-hybridized carbons (Fsp3) is 0.208. The van der Waals surface area contributed by atoms with Gasteiger partial charge in [-0.25, -0.2) is 9.69 Å². The first-order valence-electron chi connectivity index (χ1n) is 10.4. The lowest BCUT2D eigenvalue weighted by atomic mass is 10.0. The topological polar surface area (TPSA) is 96.2 Å². The Morgan fingerprint density at radius 1 is 1.24 bits per heavy atom. The van der Waals surface area contributed by atoms with Crippen LogP contribution < -0.4 is 15.1 Å². The van der Waals surface area contributed by atoms with E-state index in [0.717, 1.165) is 0 Å². The number of benzene rings is 2. The van der Waals surface area contributed by atoms with E-state index in [1.807, 2.05) is 18.2 Å². The zero-order chi connectivity index (χ0) is 23.5. The van der Waals surface area contributed by atoms with Crippen molar-refractivity contribution in [2.75, 3.05) is 17.8 Å². The van der Waals surface area contributed by atoms with E-state index >= 15 is 0 Å². The van der Waals surface area contributed by atoms with Crippen LogP contribution >= 0.6 is 11.8 Å². The van der Waals surface area contributed by atoms with Gasteiger partial charge in [-0.2, -0.15) is 0 Å². The SMILES string of the molecule is C=CCSc1n[n+]2c(c(=O)[nH]1)-c1ccccc1N(C(=O)CC)[C@H]2c1ccc(C(=O)OC)cc1. The average Bonchev–Trinajstić information content (AvgIpc) is 2.85. The number of carbonyl (C=O) groups is 2. The van der Waals surface area contributed by atoms with E-state index in [9.17, 15) is 14.4 Å². The number of fused-ring (bicyclic) bond motifs is 3. The van der Waals surface area contributed by atoms with E-state index in [1.165, 1.54) is 18.9 Å². The maximum absolute atomic E-state index is 13.2. The van der Waals surface area contributed by atoms with Crippen LogP contribution in [0.5, 0.6) is 0 Å². The number of aromatic amines is 1. The van der Waals surface area contributed by atoms with Gasteiger partial charge in [0.25, 0.3) is 6.17 Å². The second-order valence-electron chi connectivity index (χ2n) is 7.27. The lowest BCUT2D eigenvalue weighted by Crippen LogP contribution is -2.60. The Labute approximate surface area is 194 Å². The summed E-state index contributed by atoms with van der Waals surface area (Å²) in [6.45, 7) is 5.51. The van der Waals surface area contributed by atoms with Crippen molar-refractivity contribution < 1.29 is 19.0 Å². The maximum Gasteiger partial charge on any atom is 0.337 e. The van der Waals surface area contributed by atoms with Crippen molar-refractivity contribution in [1.29, 1.82) is 0 Å². The third-order valence-corrected chi connectivity index (χ3v) is 6.16. The van der Waals surface area contributed by atoms with Crippen LogP contribution in [0.3, 0.4) is 0 Å². The van der Waals surface area contributed by atoms with Crippen LogP contribution in [0.2, 0.25) is 0 Å². The fourth-order valence-corrected chi connectivity index (χ4v) is 4.41.